The van der Waals surface area contributed by atoms with Crippen molar-refractivity contribution in [2.24, 2.45) is 0 Å². The molecule has 0 amide bonds. The summed E-state index contributed by atoms with van der Waals surface area (Å²) in [7, 11) is 0. The molecule has 0 radical (unpaired) electrons. The van der Waals surface area contributed by atoms with E-state index in [9.17, 15) is 9.59 Å². The molecule has 16 heavy (non-hydrogen) atoms. The molecule has 0 bridgehead atoms. The molecule has 1 aliphatic heterocycles. The van der Waals surface area contributed by atoms with Gasteiger partial charge in [-0.05, 0) is 18.9 Å². The molecule has 1 aliphatic rings. The number of carbonyl (C=O) groups is 2. The molecule has 0 saturated carbocycles. The van der Waals surface area contributed by atoms with Crippen molar-refractivity contribution >= 4 is 23.6 Å². The van der Waals surface area contributed by atoms with Crippen molar-refractivity contribution in [3.63, 3.8) is 0 Å². The first-order chi connectivity index (χ1) is 7.77. The van der Waals surface area contributed by atoms with Crippen LogP contribution in [0.3, 0.4) is 0 Å². The number of aldehydes is 1. The number of hydrogen-bond donors (Lipinski definition) is 0. The van der Waals surface area contributed by atoms with Crippen LogP contribution < -0.4 is 0 Å². The molecule has 0 aromatic carbocycles. The Labute approximate surface area is 97.2 Å². The summed E-state index contributed by atoms with van der Waals surface area (Å²) in [6.45, 7) is 3.15. The SMILES string of the molecule is CCOC(=O)c1c(C=O)sc2c1CCOC2. The molecule has 5 heteroatoms. The van der Waals surface area contributed by atoms with Crippen LogP contribution in [0.1, 0.15) is 37.4 Å². The largest absolute Gasteiger partial charge is 0.462 e. The molecule has 0 saturated heterocycles. The maximum atomic E-state index is 11.7. The van der Waals surface area contributed by atoms with Gasteiger partial charge < -0.3 is 9.47 Å². The summed E-state index contributed by atoms with van der Waals surface area (Å²) < 4.78 is 10.3. The zero-order valence-electron chi connectivity index (χ0n) is 8.95. The number of ether oxygens (including phenoxy) is 2. The number of hydrogen-bond acceptors (Lipinski definition) is 5. The summed E-state index contributed by atoms with van der Waals surface area (Å²) in [4.78, 5) is 24.1. The highest BCUT2D eigenvalue weighted by Gasteiger charge is 2.26. The van der Waals surface area contributed by atoms with Gasteiger partial charge in [0.15, 0.2) is 6.29 Å². The molecule has 4 nitrogen and oxygen atoms in total. The third kappa shape index (κ3) is 1.88. The van der Waals surface area contributed by atoms with E-state index < -0.39 is 5.97 Å². The lowest BCUT2D eigenvalue weighted by atomic mass is 10.0. The third-order valence-corrected chi connectivity index (χ3v) is 3.56. The van der Waals surface area contributed by atoms with E-state index in [1.54, 1.807) is 6.92 Å². The molecule has 2 rings (SSSR count). The van der Waals surface area contributed by atoms with Crippen LogP contribution in [0.5, 0.6) is 0 Å². The topological polar surface area (TPSA) is 52.6 Å². The van der Waals surface area contributed by atoms with E-state index >= 15 is 0 Å². The molecular weight excluding hydrogens is 228 g/mol. The average Bonchev–Trinajstić information content (AvgIpc) is 2.67. The Morgan fingerprint density at radius 2 is 2.44 bits per heavy atom. The van der Waals surface area contributed by atoms with E-state index in [2.05, 4.69) is 0 Å². The van der Waals surface area contributed by atoms with Crippen LogP contribution in [0.2, 0.25) is 0 Å². The summed E-state index contributed by atoms with van der Waals surface area (Å²) in [5.41, 5.74) is 1.37. The predicted octanol–water partition coefficient (Wildman–Crippen LogP) is 1.81. The van der Waals surface area contributed by atoms with Crippen LogP contribution in [0, 0.1) is 0 Å². The van der Waals surface area contributed by atoms with Crippen LogP contribution in [0.15, 0.2) is 0 Å². The molecule has 0 spiro atoms. The van der Waals surface area contributed by atoms with Crippen LogP contribution in [0.25, 0.3) is 0 Å². The smallest absolute Gasteiger partial charge is 0.340 e. The van der Waals surface area contributed by atoms with Crippen molar-refractivity contribution in [3.05, 3.63) is 20.9 Å². The van der Waals surface area contributed by atoms with Gasteiger partial charge in [0.2, 0.25) is 0 Å². The van der Waals surface area contributed by atoms with Gasteiger partial charge in [0.05, 0.1) is 30.3 Å². The second kappa shape index (κ2) is 4.76. The van der Waals surface area contributed by atoms with Crippen LogP contribution >= 0.6 is 11.3 Å². The number of thiophene rings is 1. The first kappa shape index (κ1) is 11.3. The summed E-state index contributed by atoms with van der Waals surface area (Å²) in [6, 6.07) is 0. The number of carbonyl (C=O) groups excluding carboxylic acids is 2. The summed E-state index contributed by atoms with van der Waals surface area (Å²) in [5, 5.41) is 0. The molecule has 2 heterocycles. The Morgan fingerprint density at radius 3 is 3.12 bits per heavy atom. The predicted molar refractivity (Wildman–Crippen MR) is 59.0 cm³/mol. The van der Waals surface area contributed by atoms with Gasteiger partial charge in [-0.25, -0.2) is 4.79 Å². The van der Waals surface area contributed by atoms with Gasteiger partial charge in [-0.15, -0.1) is 11.3 Å². The monoisotopic (exact) mass is 240 g/mol. The number of rotatable bonds is 3. The van der Waals surface area contributed by atoms with E-state index in [-0.39, 0.29) is 0 Å². The second-order valence-corrected chi connectivity index (χ2v) is 4.52. The highest BCUT2D eigenvalue weighted by molar-refractivity contribution is 7.14. The fourth-order valence-electron chi connectivity index (χ4n) is 1.76. The third-order valence-electron chi connectivity index (χ3n) is 2.43. The zero-order chi connectivity index (χ0) is 11.5. The van der Waals surface area contributed by atoms with Crippen LogP contribution in [0.4, 0.5) is 0 Å². The van der Waals surface area contributed by atoms with Gasteiger partial charge in [-0.3, -0.25) is 4.79 Å². The van der Waals surface area contributed by atoms with Crippen molar-refractivity contribution in [1.82, 2.24) is 0 Å². The Kier molecular flexibility index (Phi) is 3.36. The lowest BCUT2D eigenvalue weighted by molar-refractivity contribution is 0.0520. The molecule has 0 aliphatic carbocycles. The fraction of sp³-hybridized carbons (Fsp3) is 0.455. The quantitative estimate of drug-likeness (QED) is 0.597. The maximum Gasteiger partial charge on any atom is 0.340 e. The summed E-state index contributed by atoms with van der Waals surface area (Å²) in [6.07, 6.45) is 1.39. The molecule has 1 aromatic rings. The van der Waals surface area contributed by atoms with E-state index in [4.69, 9.17) is 9.47 Å². The lowest BCUT2D eigenvalue weighted by Gasteiger charge is -2.13. The summed E-state index contributed by atoms with van der Waals surface area (Å²) in [5.74, 6) is -0.399. The van der Waals surface area contributed by atoms with E-state index in [1.165, 1.54) is 11.3 Å². The maximum absolute atomic E-state index is 11.7. The molecular formula is C11H12O4S. The summed E-state index contributed by atoms with van der Waals surface area (Å²) >= 11 is 1.32. The Balaban J connectivity index is 2.44. The van der Waals surface area contributed by atoms with Crippen molar-refractivity contribution in [2.75, 3.05) is 13.2 Å². The number of fused-ring (bicyclic) bond motifs is 1. The van der Waals surface area contributed by atoms with Gasteiger partial charge in [-0.2, -0.15) is 0 Å². The van der Waals surface area contributed by atoms with Crippen LogP contribution in [-0.4, -0.2) is 25.5 Å². The van der Waals surface area contributed by atoms with Crippen molar-refractivity contribution in [2.45, 2.75) is 20.0 Å². The standard InChI is InChI=1S/C11H12O4S/c1-2-15-11(13)10-7-3-4-14-6-9(7)16-8(10)5-12/h5H,2-4,6H2,1H3. The highest BCUT2D eigenvalue weighted by atomic mass is 32.1. The first-order valence-electron chi connectivity index (χ1n) is 5.12. The molecule has 0 fully saturated rings. The lowest BCUT2D eigenvalue weighted by Crippen LogP contribution is -2.13. The minimum atomic E-state index is -0.399. The molecule has 0 unspecified atom stereocenters. The Hall–Kier alpha value is -1.20. The van der Waals surface area contributed by atoms with Gasteiger partial charge in [-0.1, -0.05) is 0 Å². The molecule has 86 valence electrons. The van der Waals surface area contributed by atoms with Gasteiger partial charge >= 0.3 is 5.97 Å². The van der Waals surface area contributed by atoms with Crippen molar-refractivity contribution in [3.8, 4) is 0 Å². The van der Waals surface area contributed by atoms with Crippen molar-refractivity contribution in [1.29, 1.82) is 0 Å². The minimum Gasteiger partial charge on any atom is -0.462 e. The Bertz CT molecular complexity index is 422. The van der Waals surface area contributed by atoms with Gasteiger partial charge in [0.1, 0.15) is 0 Å². The Morgan fingerprint density at radius 1 is 1.62 bits per heavy atom. The van der Waals surface area contributed by atoms with E-state index in [0.29, 0.717) is 36.7 Å². The second-order valence-electron chi connectivity index (χ2n) is 3.38. The minimum absolute atomic E-state index is 0.318. The van der Waals surface area contributed by atoms with Crippen molar-refractivity contribution < 1.29 is 19.1 Å². The van der Waals surface area contributed by atoms with E-state index in [1.807, 2.05) is 0 Å². The zero-order valence-corrected chi connectivity index (χ0v) is 9.76. The fourth-order valence-corrected chi connectivity index (χ4v) is 2.86. The first-order valence-corrected chi connectivity index (χ1v) is 5.94. The van der Waals surface area contributed by atoms with Gasteiger partial charge in [0.25, 0.3) is 0 Å². The molecule has 1 aromatic heterocycles. The number of esters is 1. The normalized spacial score (nSPS) is 14.3. The average molecular weight is 240 g/mol. The van der Waals surface area contributed by atoms with Crippen LogP contribution in [-0.2, 0) is 22.5 Å². The van der Waals surface area contributed by atoms with E-state index in [0.717, 1.165) is 16.7 Å². The molecule has 0 atom stereocenters. The molecule has 0 N–H and O–H groups in total. The van der Waals surface area contributed by atoms with Gasteiger partial charge in [0, 0.05) is 4.88 Å². The highest BCUT2D eigenvalue weighted by Crippen LogP contribution is 2.31.